The maximum absolute atomic E-state index is 13.3. The lowest BCUT2D eigenvalue weighted by atomic mass is 10.0. The number of esters is 1. The molecule has 2 atom stereocenters. The predicted octanol–water partition coefficient (Wildman–Crippen LogP) is 1.58. The summed E-state index contributed by atoms with van der Waals surface area (Å²) in [6.45, 7) is 5.17. The third-order valence-electron chi connectivity index (χ3n) is 3.53. The molecular formula is C18H25FN2O4. The van der Waals surface area contributed by atoms with E-state index in [1.54, 1.807) is 6.07 Å². The average molecular weight is 352 g/mol. The van der Waals surface area contributed by atoms with Crippen LogP contribution >= 0.6 is 0 Å². The van der Waals surface area contributed by atoms with Crippen molar-refractivity contribution in [3.8, 4) is 0 Å². The van der Waals surface area contributed by atoms with Crippen LogP contribution in [0, 0.1) is 11.7 Å². The van der Waals surface area contributed by atoms with E-state index in [4.69, 9.17) is 4.74 Å². The zero-order chi connectivity index (χ0) is 19.0. The molecule has 0 bridgehead atoms. The molecule has 1 aromatic carbocycles. The van der Waals surface area contributed by atoms with E-state index in [1.165, 1.54) is 32.2 Å². The van der Waals surface area contributed by atoms with Gasteiger partial charge in [-0.25, -0.2) is 9.18 Å². The first-order chi connectivity index (χ1) is 11.7. The smallest absolute Gasteiger partial charge is 0.328 e. The lowest BCUT2D eigenvalue weighted by Crippen LogP contribution is -2.52. The molecule has 0 aliphatic heterocycles. The molecule has 0 aliphatic rings. The Labute approximate surface area is 147 Å². The molecule has 0 radical (unpaired) electrons. The van der Waals surface area contributed by atoms with E-state index in [9.17, 15) is 18.8 Å². The van der Waals surface area contributed by atoms with Crippen molar-refractivity contribution in [2.45, 2.75) is 45.7 Å². The molecule has 2 N–H and O–H groups in total. The SMILES string of the molecule is COC(=O)[C@H](Cc1cccc(F)c1)NC(=O)[C@H](CC(C)C)NC(C)=O. The molecule has 1 rings (SSSR count). The Morgan fingerprint density at radius 3 is 2.36 bits per heavy atom. The maximum atomic E-state index is 13.3. The fraction of sp³-hybridized carbons (Fsp3) is 0.500. The van der Waals surface area contributed by atoms with Gasteiger partial charge in [-0.3, -0.25) is 9.59 Å². The van der Waals surface area contributed by atoms with Gasteiger partial charge in [-0.15, -0.1) is 0 Å². The lowest BCUT2D eigenvalue weighted by Gasteiger charge is -2.23. The van der Waals surface area contributed by atoms with Crippen molar-refractivity contribution in [1.29, 1.82) is 0 Å². The van der Waals surface area contributed by atoms with Crippen LogP contribution in [0.2, 0.25) is 0 Å². The lowest BCUT2D eigenvalue weighted by molar-refractivity contribution is -0.145. The van der Waals surface area contributed by atoms with Crippen LogP contribution < -0.4 is 10.6 Å². The quantitative estimate of drug-likeness (QED) is 0.696. The minimum atomic E-state index is -0.970. The van der Waals surface area contributed by atoms with E-state index in [-0.39, 0.29) is 18.2 Å². The van der Waals surface area contributed by atoms with E-state index < -0.39 is 29.8 Å². The zero-order valence-electron chi connectivity index (χ0n) is 15.0. The van der Waals surface area contributed by atoms with Crippen LogP contribution in [-0.2, 0) is 25.5 Å². The second-order valence-electron chi connectivity index (χ2n) is 6.30. The highest BCUT2D eigenvalue weighted by Gasteiger charge is 2.27. The van der Waals surface area contributed by atoms with Gasteiger partial charge in [0.25, 0.3) is 0 Å². The number of nitrogens with one attached hydrogen (secondary N) is 2. The molecule has 0 heterocycles. The van der Waals surface area contributed by atoms with Crippen molar-refractivity contribution in [2.24, 2.45) is 5.92 Å². The number of amides is 2. The Bertz CT molecular complexity index is 619. The molecule has 0 saturated carbocycles. The van der Waals surface area contributed by atoms with Crippen LogP contribution in [-0.4, -0.2) is 37.0 Å². The first-order valence-electron chi connectivity index (χ1n) is 8.12. The molecule has 0 aliphatic carbocycles. The number of ether oxygens (including phenoxy) is 1. The molecule has 0 unspecified atom stereocenters. The number of rotatable bonds is 8. The van der Waals surface area contributed by atoms with Gasteiger partial charge in [-0.2, -0.15) is 0 Å². The molecular weight excluding hydrogens is 327 g/mol. The first-order valence-corrected chi connectivity index (χ1v) is 8.12. The van der Waals surface area contributed by atoms with Crippen LogP contribution in [0.3, 0.4) is 0 Å². The summed E-state index contributed by atoms with van der Waals surface area (Å²) >= 11 is 0. The molecule has 138 valence electrons. The highest BCUT2D eigenvalue weighted by Crippen LogP contribution is 2.10. The van der Waals surface area contributed by atoms with E-state index >= 15 is 0 Å². The minimum Gasteiger partial charge on any atom is -0.467 e. The molecule has 0 spiro atoms. The number of carbonyl (C=O) groups is 3. The fourth-order valence-electron chi connectivity index (χ4n) is 2.46. The molecule has 0 fully saturated rings. The average Bonchev–Trinajstić information content (AvgIpc) is 2.52. The van der Waals surface area contributed by atoms with Crippen molar-refractivity contribution >= 4 is 17.8 Å². The van der Waals surface area contributed by atoms with Crippen molar-refractivity contribution in [3.05, 3.63) is 35.6 Å². The summed E-state index contributed by atoms with van der Waals surface area (Å²) in [6.07, 6.45) is 0.518. The van der Waals surface area contributed by atoms with E-state index in [0.29, 0.717) is 12.0 Å². The van der Waals surface area contributed by atoms with Crippen molar-refractivity contribution in [2.75, 3.05) is 7.11 Å². The van der Waals surface area contributed by atoms with Crippen LogP contribution in [0.15, 0.2) is 24.3 Å². The number of methoxy groups -OCH3 is 1. The van der Waals surface area contributed by atoms with Gasteiger partial charge >= 0.3 is 5.97 Å². The van der Waals surface area contributed by atoms with Crippen LogP contribution in [0.5, 0.6) is 0 Å². The summed E-state index contributed by atoms with van der Waals surface area (Å²) in [7, 11) is 1.21. The molecule has 0 aromatic heterocycles. The molecule has 7 heteroatoms. The van der Waals surface area contributed by atoms with Gasteiger partial charge in [0.1, 0.15) is 17.9 Å². The summed E-state index contributed by atoms with van der Waals surface area (Å²) in [5, 5.41) is 5.18. The van der Waals surface area contributed by atoms with Gasteiger partial charge in [-0.1, -0.05) is 26.0 Å². The van der Waals surface area contributed by atoms with Crippen LogP contribution in [0.1, 0.15) is 32.8 Å². The number of benzene rings is 1. The summed E-state index contributed by atoms with van der Waals surface area (Å²) in [4.78, 5) is 35.8. The molecule has 0 saturated heterocycles. The largest absolute Gasteiger partial charge is 0.467 e. The number of hydrogen-bond acceptors (Lipinski definition) is 4. The monoisotopic (exact) mass is 352 g/mol. The third-order valence-corrected chi connectivity index (χ3v) is 3.53. The highest BCUT2D eigenvalue weighted by molar-refractivity contribution is 5.90. The van der Waals surface area contributed by atoms with E-state index in [0.717, 1.165) is 0 Å². The van der Waals surface area contributed by atoms with Crippen molar-refractivity contribution in [1.82, 2.24) is 10.6 Å². The van der Waals surface area contributed by atoms with Gasteiger partial charge in [0.2, 0.25) is 11.8 Å². The fourth-order valence-corrected chi connectivity index (χ4v) is 2.46. The molecule has 1 aromatic rings. The number of halogens is 1. The van der Waals surface area contributed by atoms with Gasteiger partial charge in [0.05, 0.1) is 7.11 Å². The Balaban J connectivity index is 2.89. The first kappa shape index (κ1) is 20.6. The normalized spacial score (nSPS) is 13.0. The summed E-state index contributed by atoms with van der Waals surface area (Å²) in [6, 6.07) is 4.05. The Morgan fingerprint density at radius 2 is 1.84 bits per heavy atom. The van der Waals surface area contributed by atoms with Crippen molar-refractivity contribution in [3.63, 3.8) is 0 Å². The summed E-state index contributed by atoms with van der Waals surface area (Å²) in [5.74, 6) is -1.70. The minimum absolute atomic E-state index is 0.0879. The second kappa shape index (κ2) is 9.76. The number of carbonyl (C=O) groups excluding carboxylic acids is 3. The Hall–Kier alpha value is -2.44. The van der Waals surface area contributed by atoms with Gasteiger partial charge in [0, 0.05) is 13.3 Å². The van der Waals surface area contributed by atoms with E-state index in [2.05, 4.69) is 10.6 Å². The number of hydrogen-bond donors (Lipinski definition) is 2. The second-order valence-corrected chi connectivity index (χ2v) is 6.30. The van der Waals surface area contributed by atoms with Crippen LogP contribution in [0.25, 0.3) is 0 Å². The molecule has 25 heavy (non-hydrogen) atoms. The Kier molecular flexibility index (Phi) is 8.04. The maximum Gasteiger partial charge on any atom is 0.328 e. The Morgan fingerprint density at radius 1 is 1.16 bits per heavy atom. The zero-order valence-corrected chi connectivity index (χ0v) is 15.0. The standard InChI is InChI=1S/C18H25FN2O4/c1-11(2)8-15(20-12(3)22)17(23)21-16(18(24)25-4)10-13-6-5-7-14(19)9-13/h5-7,9,11,15-16H,8,10H2,1-4H3,(H,20,22)(H,21,23)/t15-,16-/m0/s1. The molecule has 6 nitrogen and oxygen atoms in total. The highest BCUT2D eigenvalue weighted by atomic mass is 19.1. The van der Waals surface area contributed by atoms with Gasteiger partial charge < -0.3 is 15.4 Å². The third kappa shape index (κ3) is 7.32. The van der Waals surface area contributed by atoms with Gasteiger partial charge in [0.15, 0.2) is 0 Å². The van der Waals surface area contributed by atoms with Gasteiger partial charge in [-0.05, 0) is 30.0 Å². The topological polar surface area (TPSA) is 84.5 Å². The van der Waals surface area contributed by atoms with Crippen LogP contribution in [0.4, 0.5) is 4.39 Å². The van der Waals surface area contributed by atoms with Crippen molar-refractivity contribution < 1.29 is 23.5 Å². The molecule has 2 amide bonds. The summed E-state index contributed by atoms with van der Waals surface area (Å²) in [5.41, 5.74) is 0.552. The summed E-state index contributed by atoms with van der Waals surface area (Å²) < 4.78 is 18.1. The predicted molar refractivity (Wildman–Crippen MR) is 91.1 cm³/mol. The van der Waals surface area contributed by atoms with E-state index in [1.807, 2.05) is 13.8 Å².